The lowest BCUT2D eigenvalue weighted by molar-refractivity contribution is 0.804. The van der Waals surface area contributed by atoms with Crippen LogP contribution < -0.4 is 10.6 Å². The van der Waals surface area contributed by atoms with Gasteiger partial charge in [0.2, 0.25) is 0 Å². The fourth-order valence-corrected chi connectivity index (χ4v) is 2.72. The van der Waals surface area contributed by atoms with Gasteiger partial charge in [-0.15, -0.1) is 24.0 Å². The number of aliphatic imine (C=N–C) groups is 1. The van der Waals surface area contributed by atoms with E-state index in [4.69, 9.17) is 11.6 Å². The number of guanidine groups is 1. The van der Waals surface area contributed by atoms with Gasteiger partial charge in [0.15, 0.2) is 5.96 Å². The first kappa shape index (κ1) is 20.5. The van der Waals surface area contributed by atoms with Crippen molar-refractivity contribution in [3.8, 4) is 0 Å². The third kappa shape index (κ3) is 5.57. The average Bonchev–Trinajstić information content (AvgIpc) is 2.65. The van der Waals surface area contributed by atoms with Gasteiger partial charge in [0.25, 0.3) is 0 Å². The molecule has 0 aliphatic rings. The summed E-state index contributed by atoms with van der Waals surface area (Å²) in [5.74, 6) is 0.771. The number of nitrogens with zero attached hydrogens (tertiary/aromatic N) is 2. The third-order valence-corrected chi connectivity index (χ3v) is 4.11. The fourth-order valence-electron chi connectivity index (χ4n) is 2.59. The molecule has 0 unspecified atom stereocenters. The predicted octanol–water partition coefficient (Wildman–Crippen LogP) is 4.76. The Morgan fingerprint density at radius 2 is 1.81 bits per heavy atom. The number of nitrogens with one attached hydrogen (secondary N) is 2. The van der Waals surface area contributed by atoms with Crippen molar-refractivity contribution < 1.29 is 0 Å². The van der Waals surface area contributed by atoms with E-state index >= 15 is 0 Å². The van der Waals surface area contributed by atoms with Crippen molar-refractivity contribution in [1.82, 2.24) is 15.6 Å². The second kappa shape index (κ2) is 10.3. The minimum atomic E-state index is 0. The van der Waals surface area contributed by atoms with E-state index in [1.807, 2.05) is 48.7 Å². The highest BCUT2D eigenvalue weighted by molar-refractivity contribution is 14.0. The minimum absolute atomic E-state index is 0. The lowest BCUT2D eigenvalue weighted by Gasteiger charge is -2.12. The summed E-state index contributed by atoms with van der Waals surface area (Å²) in [5.41, 5.74) is 2.13. The Morgan fingerprint density at radius 3 is 2.58 bits per heavy atom. The fraction of sp³-hybridized carbons (Fsp3) is 0.200. The van der Waals surface area contributed by atoms with Crippen LogP contribution in [0.4, 0.5) is 0 Å². The minimum Gasteiger partial charge on any atom is -0.357 e. The first-order valence-electron chi connectivity index (χ1n) is 8.35. The molecular weight excluding hydrogens is 459 g/mol. The smallest absolute Gasteiger partial charge is 0.191 e. The average molecular weight is 481 g/mol. The van der Waals surface area contributed by atoms with Gasteiger partial charge in [-0.05, 0) is 36.1 Å². The standard InChI is InChI=1S/C20H21ClN4.HI/c1-2-22-20(24-13-15-7-9-17(21)10-8-15)25-14-19-18-6-4-3-5-16(18)11-12-23-19;/h3-12H,2,13-14H2,1H3,(H2,22,24,25);1H. The Morgan fingerprint density at radius 1 is 1.04 bits per heavy atom. The lowest BCUT2D eigenvalue weighted by atomic mass is 10.1. The maximum absolute atomic E-state index is 5.92. The number of pyridine rings is 1. The molecule has 2 aromatic carbocycles. The molecule has 0 atom stereocenters. The molecule has 2 N–H and O–H groups in total. The van der Waals surface area contributed by atoms with Crippen molar-refractivity contribution in [2.24, 2.45) is 4.99 Å². The van der Waals surface area contributed by atoms with Gasteiger partial charge in [-0.25, -0.2) is 4.99 Å². The van der Waals surface area contributed by atoms with Crippen molar-refractivity contribution in [3.63, 3.8) is 0 Å². The molecular formula is C20H22ClIN4. The lowest BCUT2D eigenvalue weighted by Crippen LogP contribution is -2.37. The molecule has 0 fully saturated rings. The van der Waals surface area contributed by atoms with Gasteiger partial charge < -0.3 is 10.6 Å². The highest BCUT2D eigenvalue weighted by Crippen LogP contribution is 2.16. The van der Waals surface area contributed by atoms with Gasteiger partial charge in [0.1, 0.15) is 0 Å². The summed E-state index contributed by atoms with van der Waals surface area (Å²) in [6.45, 7) is 4.06. The summed E-state index contributed by atoms with van der Waals surface area (Å²) in [6, 6.07) is 18.0. The van der Waals surface area contributed by atoms with Crippen molar-refractivity contribution in [2.75, 3.05) is 6.54 Å². The molecule has 0 aliphatic carbocycles. The van der Waals surface area contributed by atoms with Gasteiger partial charge in [0, 0.05) is 23.2 Å². The summed E-state index contributed by atoms with van der Waals surface area (Å²) >= 11 is 5.92. The SMILES string of the molecule is CCNC(=NCc1ccc(Cl)cc1)NCc1nccc2ccccc12.I. The highest BCUT2D eigenvalue weighted by Gasteiger charge is 2.04. The molecule has 0 amide bonds. The number of hydrogen-bond acceptors (Lipinski definition) is 2. The van der Waals surface area contributed by atoms with Crippen LogP contribution in [0.25, 0.3) is 10.8 Å². The summed E-state index contributed by atoms with van der Waals surface area (Å²) in [4.78, 5) is 9.14. The molecule has 6 heteroatoms. The van der Waals surface area contributed by atoms with Crippen LogP contribution in [0.3, 0.4) is 0 Å². The maximum atomic E-state index is 5.92. The zero-order valence-electron chi connectivity index (χ0n) is 14.6. The monoisotopic (exact) mass is 480 g/mol. The van der Waals surface area contributed by atoms with E-state index < -0.39 is 0 Å². The van der Waals surface area contributed by atoms with E-state index in [0.29, 0.717) is 13.1 Å². The number of hydrogen-bond donors (Lipinski definition) is 2. The van der Waals surface area contributed by atoms with Crippen molar-refractivity contribution in [2.45, 2.75) is 20.0 Å². The normalized spacial score (nSPS) is 11.1. The molecule has 0 bridgehead atoms. The predicted molar refractivity (Wildman–Crippen MR) is 120 cm³/mol. The highest BCUT2D eigenvalue weighted by atomic mass is 127. The summed E-state index contributed by atoms with van der Waals surface area (Å²) in [7, 11) is 0. The van der Waals surface area contributed by atoms with E-state index in [2.05, 4.69) is 39.7 Å². The van der Waals surface area contributed by atoms with Gasteiger partial charge >= 0.3 is 0 Å². The molecule has 136 valence electrons. The summed E-state index contributed by atoms with van der Waals surface area (Å²) in [5, 5.41) is 9.71. The molecule has 0 radical (unpaired) electrons. The van der Waals surface area contributed by atoms with Gasteiger partial charge in [0.05, 0.1) is 18.8 Å². The first-order chi connectivity index (χ1) is 12.3. The van der Waals surface area contributed by atoms with Crippen LogP contribution in [0.5, 0.6) is 0 Å². The van der Waals surface area contributed by atoms with Crippen molar-refractivity contribution in [1.29, 1.82) is 0 Å². The summed E-state index contributed by atoms with van der Waals surface area (Å²) in [6.07, 6.45) is 1.84. The summed E-state index contributed by atoms with van der Waals surface area (Å²) < 4.78 is 0. The Bertz CT molecular complexity index is 860. The Labute approximate surface area is 176 Å². The van der Waals surface area contributed by atoms with E-state index in [-0.39, 0.29) is 24.0 Å². The second-order valence-corrected chi connectivity index (χ2v) is 6.09. The number of benzene rings is 2. The third-order valence-electron chi connectivity index (χ3n) is 3.86. The Balaban J connectivity index is 0.00000243. The van der Waals surface area contributed by atoms with Crippen LogP contribution in [-0.2, 0) is 13.1 Å². The zero-order chi connectivity index (χ0) is 17.5. The number of rotatable bonds is 5. The van der Waals surface area contributed by atoms with E-state index in [1.54, 1.807) is 0 Å². The van der Waals surface area contributed by atoms with Crippen LogP contribution in [0.1, 0.15) is 18.2 Å². The van der Waals surface area contributed by atoms with Gasteiger partial charge in [-0.3, -0.25) is 4.98 Å². The largest absolute Gasteiger partial charge is 0.357 e. The van der Waals surface area contributed by atoms with Crippen LogP contribution in [0, 0.1) is 0 Å². The van der Waals surface area contributed by atoms with Crippen LogP contribution in [0.2, 0.25) is 5.02 Å². The molecule has 0 aliphatic heterocycles. The molecule has 1 heterocycles. The quantitative estimate of drug-likeness (QED) is 0.314. The number of aromatic nitrogens is 1. The molecule has 0 saturated carbocycles. The van der Waals surface area contributed by atoms with E-state index in [0.717, 1.165) is 34.2 Å². The maximum Gasteiger partial charge on any atom is 0.191 e. The van der Waals surface area contributed by atoms with Crippen LogP contribution in [-0.4, -0.2) is 17.5 Å². The van der Waals surface area contributed by atoms with E-state index in [1.165, 1.54) is 5.39 Å². The molecule has 3 rings (SSSR count). The Hall–Kier alpha value is -1.86. The van der Waals surface area contributed by atoms with E-state index in [9.17, 15) is 0 Å². The molecule has 3 aromatic rings. The van der Waals surface area contributed by atoms with Gasteiger partial charge in [-0.2, -0.15) is 0 Å². The molecule has 1 aromatic heterocycles. The van der Waals surface area contributed by atoms with Crippen molar-refractivity contribution >= 4 is 52.3 Å². The zero-order valence-corrected chi connectivity index (χ0v) is 17.7. The Kier molecular flexibility index (Phi) is 8.12. The number of halogens is 2. The molecule has 26 heavy (non-hydrogen) atoms. The van der Waals surface area contributed by atoms with Crippen LogP contribution >= 0.6 is 35.6 Å². The van der Waals surface area contributed by atoms with Crippen LogP contribution in [0.15, 0.2) is 65.8 Å². The first-order valence-corrected chi connectivity index (χ1v) is 8.73. The second-order valence-electron chi connectivity index (χ2n) is 5.65. The number of fused-ring (bicyclic) bond motifs is 1. The van der Waals surface area contributed by atoms with Crippen molar-refractivity contribution in [3.05, 3.63) is 77.1 Å². The molecule has 4 nitrogen and oxygen atoms in total. The van der Waals surface area contributed by atoms with Gasteiger partial charge in [-0.1, -0.05) is 48.0 Å². The molecule has 0 saturated heterocycles. The topological polar surface area (TPSA) is 49.3 Å². The molecule has 0 spiro atoms.